The van der Waals surface area contributed by atoms with Gasteiger partial charge in [0.25, 0.3) is 5.56 Å². The van der Waals surface area contributed by atoms with Gasteiger partial charge in [-0.25, -0.2) is 0 Å². The molecule has 172 valence electrons. The van der Waals surface area contributed by atoms with Gasteiger partial charge in [0.2, 0.25) is 11.7 Å². The van der Waals surface area contributed by atoms with Gasteiger partial charge in [0.15, 0.2) is 5.16 Å². The number of para-hydroxylation sites is 2. The first kappa shape index (κ1) is 22.8. The number of thioether (sulfide) groups is 1. The molecule has 0 spiro atoms. The van der Waals surface area contributed by atoms with Crippen LogP contribution in [0, 0.1) is 0 Å². The zero-order valence-corrected chi connectivity index (χ0v) is 20.0. The Morgan fingerprint density at radius 3 is 2.61 bits per heavy atom. The van der Waals surface area contributed by atoms with E-state index in [0.717, 1.165) is 12.0 Å². The van der Waals surface area contributed by atoms with Crippen molar-refractivity contribution >= 4 is 34.3 Å². The van der Waals surface area contributed by atoms with Crippen LogP contribution in [-0.4, -0.2) is 43.5 Å². The fourth-order valence-electron chi connectivity index (χ4n) is 3.61. The largest absolute Gasteiger partial charge is 0.496 e. The van der Waals surface area contributed by atoms with E-state index in [0.29, 0.717) is 27.6 Å². The lowest BCUT2D eigenvalue weighted by Gasteiger charge is -2.24. The second-order valence-corrected chi connectivity index (χ2v) is 9.36. The number of ether oxygens (including phenoxy) is 1. The normalized spacial score (nSPS) is 11.8. The maximum atomic E-state index is 13.4. The van der Waals surface area contributed by atoms with Crippen LogP contribution >= 0.6 is 11.8 Å². The Morgan fingerprint density at radius 1 is 1.12 bits per heavy atom. The van der Waals surface area contributed by atoms with Crippen molar-refractivity contribution in [1.29, 1.82) is 0 Å². The van der Waals surface area contributed by atoms with Crippen molar-refractivity contribution in [1.82, 2.24) is 24.5 Å². The van der Waals surface area contributed by atoms with Crippen LogP contribution in [0.15, 0.2) is 58.5 Å². The van der Waals surface area contributed by atoms with Crippen molar-refractivity contribution in [3.63, 3.8) is 0 Å². The van der Waals surface area contributed by atoms with Crippen LogP contribution in [0.1, 0.15) is 32.8 Å². The van der Waals surface area contributed by atoms with E-state index in [4.69, 9.17) is 4.74 Å². The molecule has 1 N–H and O–H groups in total. The van der Waals surface area contributed by atoms with E-state index in [-0.39, 0.29) is 29.3 Å². The van der Waals surface area contributed by atoms with Crippen molar-refractivity contribution in [2.24, 2.45) is 0 Å². The molecule has 0 bridgehead atoms. The van der Waals surface area contributed by atoms with E-state index in [9.17, 15) is 9.59 Å². The van der Waals surface area contributed by atoms with Crippen LogP contribution in [0.3, 0.4) is 0 Å². The monoisotopic (exact) mass is 465 g/mol. The molecular weight excluding hydrogens is 438 g/mol. The second kappa shape index (κ2) is 9.27. The van der Waals surface area contributed by atoms with E-state index < -0.39 is 0 Å². The number of hydrogen-bond acceptors (Lipinski definition) is 6. The third kappa shape index (κ3) is 4.59. The fraction of sp³-hybridized carbons (Fsp3) is 0.333. The molecule has 0 fully saturated rings. The summed E-state index contributed by atoms with van der Waals surface area (Å²) in [4.78, 5) is 25.9. The molecule has 4 aromatic rings. The van der Waals surface area contributed by atoms with Crippen molar-refractivity contribution in [3.05, 3.63) is 64.4 Å². The molecule has 0 saturated heterocycles. The molecular formula is C24H27N5O3S. The molecule has 33 heavy (non-hydrogen) atoms. The van der Waals surface area contributed by atoms with E-state index in [1.165, 1.54) is 11.8 Å². The lowest BCUT2D eigenvalue weighted by molar-refractivity contribution is -0.120. The number of carbonyl (C=O) groups excluding carboxylic acids is 1. The standard InChI is InChI=1S/C24H27N5O3S/c1-5-24(2,3)25-20(30)15-33-23-27-26-22-28(14-16-10-6-9-13-19(16)32-4)21(31)17-11-7-8-12-18(17)29(22)23/h6-13H,5,14-15H2,1-4H3,(H,25,30). The van der Waals surface area contributed by atoms with Gasteiger partial charge < -0.3 is 10.1 Å². The van der Waals surface area contributed by atoms with Gasteiger partial charge in [0, 0.05) is 11.1 Å². The highest BCUT2D eigenvalue weighted by molar-refractivity contribution is 7.99. The number of rotatable bonds is 8. The highest BCUT2D eigenvalue weighted by atomic mass is 32.2. The van der Waals surface area contributed by atoms with Gasteiger partial charge in [0.05, 0.1) is 30.3 Å². The summed E-state index contributed by atoms with van der Waals surface area (Å²) < 4.78 is 8.91. The molecule has 0 aliphatic rings. The number of fused-ring (bicyclic) bond motifs is 3. The molecule has 2 heterocycles. The van der Waals surface area contributed by atoms with Crippen molar-refractivity contribution < 1.29 is 9.53 Å². The lowest BCUT2D eigenvalue weighted by Crippen LogP contribution is -2.43. The van der Waals surface area contributed by atoms with Crippen molar-refractivity contribution in [2.45, 2.75) is 44.4 Å². The molecule has 0 aliphatic carbocycles. The topological polar surface area (TPSA) is 90.5 Å². The molecule has 0 aliphatic heterocycles. The Balaban J connectivity index is 1.77. The zero-order chi connectivity index (χ0) is 23.6. The van der Waals surface area contributed by atoms with E-state index in [1.54, 1.807) is 17.7 Å². The summed E-state index contributed by atoms with van der Waals surface area (Å²) >= 11 is 1.30. The number of aromatic nitrogens is 4. The van der Waals surface area contributed by atoms with Crippen molar-refractivity contribution in [2.75, 3.05) is 12.9 Å². The molecule has 0 radical (unpaired) electrons. The summed E-state index contributed by atoms with van der Waals surface area (Å²) in [6.45, 7) is 6.30. The van der Waals surface area contributed by atoms with Gasteiger partial charge in [0.1, 0.15) is 5.75 Å². The third-order valence-corrected chi connectivity index (χ3v) is 6.62. The number of carbonyl (C=O) groups is 1. The number of nitrogens with zero attached hydrogens (tertiary/aromatic N) is 4. The number of nitrogens with one attached hydrogen (secondary N) is 1. The van der Waals surface area contributed by atoms with E-state index in [1.807, 2.05) is 67.6 Å². The molecule has 2 aromatic carbocycles. The Kier molecular flexibility index (Phi) is 6.42. The smallest absolute Gasteiger partial charge is 0.263 e. The third-order valence-electron chi connectivity index (χ3n) is 5.69. The summed E-state index contributed by atoms with van der Waals surface area (Å²) in [6.07, 6.45) is 0.830. The summed E-state index contributed by atoms with van der Waals surface area (Å²) in [5, 5.41) is 12.8. The van der Waals surface area contributed by atoms with Gasteiger partial charge in [-0.2, -0.15) is 0 Å². The first-order valence-corrected chi connectivity index (χ1v) is 11.8. The first-order chi connectivity index (χ1) is 15.8. The van der Waals surface area contributed by atoms with Gasteiger partial charge >= 0.3 is 0 Å². The minimum atomic E-state index is -0.271. The summed E-state index contributed by atoms with van der Waals surface area (Å²) in [6, 6.07) is 14.9. The van der Waals surface area contributed by atoms with Gasteiger partial charge in [-0.3, -0.25) is 18.6 Å². The summed E-state index contributed by atoms with van der Waals surface area (Å²) in [5.74, 6) is 1.24. The molecule has 0 atom stereocenters. The summed E-state index contributed by atoms with van der Waals surface area (Å²) in [7, 11) is 1.61. The minimum Gasteiger partial charge on any atom is -0.496 e. The van der Waals surface area contributed by atoms with Crippen LogP contribution in [0.2, 0.25) is 0 Å². The van der Waals surface area contributed by atoms with Gasteiger partial charge in [-0.1, -0.05) is 49.0 Å². The lowest BCUT2D eigenvalue weighted by atomic mass is 10.0. The Morgan fingerprint density at radius 2 is 1.85 bits per heavy atom. The molecule has 0 unspecified atom stereocenters. The first-order valence-electron chi connectivity index (χ1n) is 10.8. The predicted octanol–water partition coefficient (Wildman–Crippen LogP) is 3.50. The molecule has 8 nitrogen and oxygen atoms in total. The molecule has 4 rings (SSSR count). The number of amides is 1. The fourth-order valence-corrected chi connectivity index (χ4v) is 4.35. The number of methoxy groups -OCH3 is 1. The van der Waals surface area contributed by atoms with Crippen LogP contribution in [-0.2, 0) is 11.3 Å². The number of hydrogen-bond donors (Lipinski definition) is 1. The van der Waals surface area contributed by atoms with Gasteiger partial charge in [-0.15, -0.1) is 10.2 Å². The highest BCUT2D eigenvalue weighted by Crippen LogP contribution is 2.24. The number of benzene rings is 2. The zero-order valence-electron chi connectivity index (χ0n) is 19.2. The quantitative estimate of drug-likeness (QED) is 0.401. The predicted molar refractivity (Wildman–Crippen MR) is 130 cm³/mol. The summed E-state index contributed by atoms with van der Waals surface area (Å²) in [5.41, 5.74) is 1.13. The second-order valence-electron chi connectivity index (χ2n) is 8.41. The Labute approximate surface area is 196 Å². The molecule has 9 heteroatoms. The average molecular weight is 466 g/mol. The Hall–Kier alpha value is -3.33. The van der Waals surface area contributed by atoms with E-state index >= 15 is 0 Å². The average Bonchev–Trinajstić information content (AvgIpc) is 3.24. The minimum absolute atomic E-state index is 0.0738. The SMILES string of the molecule is CCC(C)(C)NC(=O)CSc1nnc2n(Cc3ccccc3OC)c(=O)c3ccccc3n12. The highest BCUT2D eigenvalue weighted by Gasteiger charge is 2.21. The van der Waals surface area contributed by atoms with E-state index in [2.05, 4.69) is 15.5 Å². The molecule has 0 saturated carbocycles. The van der Waals surface area contributed by atoms with Crippen LogP contribution < -0.4 is 15.6 Å². The maximum absolute atomic E-state index is 13.4. The van der Waals surface area contributed by atoms with Crippen LogP contribution in [0.4, 0.5) is 0 Å². The van der Waals surface area contributed by atoms with Crippen molar-refractivity contribution in [3.8, 4) is 5.75 Å². The Bertz CT molecular complexity index is 1380. The maximum Gasteiger partial charge on any atom is 0.263 e. The van der Waals surface area contributed by atoms with Gasteiger partial charge in [-0.05, 0) is 38.5 Å². The molecule has 1 amide bonds. The van der Waals surface area contributed by atoms with Crippen LogP contribution in [0.5, 0.6) is 5.75 Å². The van der Waals surface area contributed by atoms with Crippen LogP contribution in [0.25, 0.3) is 16.7 Å². The molecule has 2 aromatic heterocycles.